The molecule has 9 nitrogen and oxygen atoms in total. The summed E-state index contributed by atoms with van der Waals surface area (Å²) in [5.74, 6) is 0.198. The lowest BCUT2D eigenvalue weighted by Gasteiger charge is -2.25. The van der Waals surface area contributed by atoms with E-state index in [9.17, 15) is 18.0 Å². The smallest absolute Gasteiger partial charge is 0.271 e. The maximum atomic E-state index is 12.7. The summed E-state index contributed by atoms with van der Waals surface area (Å²) < 4.78 is 38.0. The number of morpholine rings is 1. The van der Waals surface area contributed by atoms with Gasteiger partial charge in [-0.2, -0.15) is 4.31 Å². The van der Waals surface area contributed by atoms with E-state index in [1.807, 2.05) is 0 Å². The molecule has 0 spiro atoms. The highest BCUT2D eigenvalue weighted by Gasteiger charge is 2.29. The minimum atomic E-state index is -3.94. The van der Waals surface area contributed by atoms with E-state index in [1.165, 1.54) is 29.7 Å². The van der Waals surface area contributed by atoms with Gasteiger partial charge in [0.15, 0.2) is 0 Å². The number of hydrogen-bond donors (Lipinski definition) is 1. The molecule has 1 aromatic carbocycles. The van der Waals surface area contributed by atoms with Gasteiger partial charge in [0.25, 0.3) is 5.56 Å². The predicted molar refractivity (Wildman–Crippen MR) is 102 cm³/mol. The third kappa shape index (κ3) is 4.41. The van der Waals surface area contributed by atoms with Crippen molar-refractivity contribution >= 4 is 21.6 Å². The number of carbonyl (C=O) groups excluding carboxylic acids is 1. The molecule has 1 amide bonds. The largest absolute Gasteiger partial charge is 0.497 e. The standard InChI is InChI=1S/C18H21N3O6S/c1-26-15-6-4-14(5-7-15)19-17(22)13-20-8-2-3-16(18(20)23)28(24,25)21-9-11-27-12-10-21/h2-8H,9-13H2,1H3,(H,19,22). The number of sulfonamides is 1. The molecule has 28 heavy (non-hydrogen) atoms. The van der Waals surface area contributed by atoms with E-state index >= 15 is 0 Å². The highest BCUT2D eigenvalue weighted by Crippen LogP contribution is 2.15. The van der Waals surface area contributed by atoms with Crippen LogP contribution in [0.15, 0.2) is 52.3 Å². The molecule has 0 aliphatic carbocycles. The summed E-state index contributed by atoms with van der Waals surface area (Å²) in [5.41, 5.74) is -0.199. The van der Waals surface area contributed by atoms with Crippen molar-refractivity contribution in [2.45, 2.75) is 11.4 Å². The number of anilines is 1. The van der Waals surface area contributed by atoms with Crippen LogP contribution in [0.3, 0.4) is 0 Å². The third-order valence-corrected chi connectivity index (χ3v) is 6.17. The van der Waals surface area contributed by atoms with Gasteiger partial charge in [-0.25, -0.2) is 8.42 Å². The molecule has 1 N–H and O–H groups in total. The van der Waals surface area contributed by atoms with Crippen molar-refractivity contribution in [1.82, 2.24) is 8.87 Å². The highest BCUT2D eigenvalue weighted by atomic mass is 32.2. The Morgan fingerprint density at radius 2 is 1.86 bits per heavy atom. The second-order valence-electron chi connectivity index (χ2n) is 6.10. The summed E-state index contributed by atoms with van der Waals surface area (Å²) in [4.78, 5) is 24.6. The van der Waals surface area contributed by atoms with Crippen LogP contribution in [0.1, 0.15) is 0 Å². The minimum Gasteiger partial charge on any atom is -0.497 e. The SMILES string of the molecule is COc1ccc(NC(=O)Cn2cccc(S(=O)(=O)N3CCOCC3)c2=O)cc1. The Balaban J connectivity index is 1.76. The normalized spacial score (nSPS) is 15.2. The average molecular weight is 407 g/mol. The number of amides is 1. The van der Waals surface area contributed by atoms with Gasteiger partial charge < -0.3 is 19.4 Å². The Hall–Kier alpha value is -2.69. The fraction of sp³-hybridized carbons (Fsp3) is 0.333. The van der Waals surface area contributed by atoms with E-state index in [2.05, 4.69) is 5.32 Å². The number of aromatic nitrogens is 1. The van der Waals surface area contributed by atoms with Gasteiger partial charge in [-0.1, -0.05) is 0 Å². The molecule has 1 saturated heterocycles. The molecule has 1 aromatic heterocycles. The number of ether oxygens (including phenoxy) is 2. The van der Waals surface area contributed by atoms with Crippen molar-refractivity contribution in [3.05, 3.63) is 52.9 Å². The van der Waals surface area contributed by atoms with E-state index in [0.717, 1.165) is 4.57 Å². The summed E-state index contributed by atoms with van der Waals surface area (Å²) in [6.45, 7) is 0.635. The molecule has 0 atom stereocenters. The number of methoxy groups -OCH3 is 1. The second kappa shape index (κ2) is 8.55. The summed E-state index contributed by atoms with van der Waals surface area (Å²) in [7, 11) is -2.40. The van der Waals surface area contributed by atoms with Crippen LogP contribution in [0.2, 0.25) is 0 Å². The van der Waals surface area contributed by atoms with Gasteiger partial charge in [-0.3, -0.25) is 9.59 Å². The molecule has 150 valence electrons. The first-order valence-electron chi connectivity index (χ1n) is 8.63. The van der Waals surface area contributed by atoms with Gasteiger partial charge in [-0.15, -0.1) is 0 Å². The van der Waals surface area contributed by atoms with Crippen LogP contribution in [-0.4, -0.2) is 56.6 Å². The second-order valence-corrected chi connectivity index (χ2v) is 8.00. The van der Waals surface area contributed by atoms with Gasteiger partial charge in [-0.05, 0) is 36.4 Å². The quantitative estimate of drug-likeness (QED) is 0.748. The van der Waals surface area contributed by atoms with Crippen molar-refractivity contribution < 1.29 is 22.7 Å². The first kappa shape index (κ1) is 20.1. The van der Waals surface area contributed by atoms with Gasteiger partial charge in [0.2, 0.25) is 15.9 Å². The van der Waals surface area contributed by atoms with Crippen molar-refractivity contribution in [2.24, 2.45) is 0 Å². The molecule has 1 fully saturated rings. The molecule has 1 aliphatic heterocycles. The van der Waals surface area contributed by atoms with E-state index in [1.54, 1.807) is 24.3 Å². The summed E-state index contributed by atoms with van der Waals surface area (Å²) in [5, 5.41) is 2.66. The fourth-order valence-electron chi connectivity index (χ4n) is 2.79. The molecule has 2 aromatic rings. The number of hydrogen-bond acceptors (Lipinski definition) is 6. The van der Waals surface area contributed by atoms with Crippen LogP contribution in [0.25, 0.3) is 0 Å². The Labute approximate surface area is 162 Å². The van der Waals surface area contributed by atoms with Crippen LogP contribution < -0.4 is 15.6 Å². The monoisotopic (exact) mass is 407 g/mol. The van der Waals surface area contributed by atoms with E-state index in [-0.39, 0.29) is 37.7 Å². The topological polar surface area (TPSA) is 107 Å². The summed E-state index contributed by atoms with van der Waals surface area (Å²) in [6, 6.07) is 9.41. The molecule has 0 unspecified atom stereocenters. The molecule has 1 aliphatic rings. The molecule has 2 heterocycles. The van der Waals surface area contributed by atoms with Crippen LogP contribution >= 0.6 is 0 Å². The predicted octanol–water partition coefficient (Wildman–Crippen LogP) is 0.516. The Morgan fingerprint density at radius 3 is 2.50 bits per heavy atom. The maximum Gasteiger partial charge on any atom is 0.271 e. The van der Waals surface area contributed by atoms with E-state index in [0.29, 0.717) is 11.4 Å². The minimum absolute atomic E-state index is 0.189. The Morgan fingerprint density at radius 1 is 1.18 bits per heavy atom. The summed E-state index contributed by atoms with van der Waals surface area (Å²) >= 11 is 0. The maximum absolute atomic E-state index is 12.7. The number of carbonyl (C=O) groups is 1. The van der Waals surface area contributed by atoms with Crippen LogP contribution in [0.4, 0.5) is 5.69 Å². The Kier molecular flexibility index (Phi) is 6.12. The summed E-state index contributed by atoms with van der Waals surface area (Å²) in [6.07, 6.45) is 1.38. The molecule has 10 heteroatoms. The van der Waals surface area contributed by atoms with Crippen molar-refractivity contribution in [3.63, 3.8) is 0 Å². The number of nitrogens with zero attached hydrogens (tertiary/aromatic N) is 2. The molecule has 0 bridgehead atoms. The molecular formula is C18H21N3O6S. The molecular weight excluding hydrogens is 386 g/mol. The number of benzene rings is 1. The van der Waals surface area contributed by atoms with Crippen LogP contribution in [0.5, 0.6) is 5.75 Å². The number of pyridine rings is 1. The van der Waals surface area contributed by atoms with Crippen LogP contribution in [0, 0.1) is 0 Å². The fourth-order valence-corrected chi connectivity index (χ4v) is 4.29. The highest BCUT2D eigenvalue weighted by molar-refractivity contribution is 7.89. The van der Waals surface area contributed by atoms with E-state index < -0.39 is 21.5 Å². The lowest BCUT2D eigenvalue weighted by atomic mass is 10.3. The zero-order chi connectivity index (χ0) is 20.1. The Bertz CT molecular complexity index is 995. The van der Waals surface area contributed by atoms with Gasteiger partial charge in [0.05, 0.1) is 20.3 Å². The van der Waals surface area contributed by atoms with Gasteiger partial charge >= 0.3 is 0 Å². The lowest BCUT2D eigenvalue weighted by Crippen LogP contribution is -2.43. The molecule has 0 radical (unpaired) electrons. The van der Waals surface area contributed by atoms with Crippen LogP contribution in [-0.2, 0) is 26.1 Å². The van der Waals surface area contributed by atoms with E-state index in [4.69, 9.17) is 9.47 Å². The van der Waals surface area contributed by atoms with Gasteiger partial charge in [0, 0.05) is 25.0 Å². The number of nitrogens with one attached hydrogen (secondary N) is 1. The first-order chi connectivity index (χ1) is 13.4. The average Bonchev–Trinajstić information content (AvgIpc) is 2.70. The van der Waals surface area contributed by atoms with Crippen molar-refractivity contribution in [3.8, 4) is 5.75 Å². The van der Waals surface area contributed by atoms with Crippen molar-refractivity contribution in [2.75, 3.05) is 38.7 Å². The third-order valence-electron chi connectivity index (χ3n) is 4.26. The molecule has 0 saturated carbocycles. The molecule has 3 rings (SSSR count). The van der Waals surface area contributed by atoms with Crippen molar-refractivity contribution in [1.29, 1.82) is 0 Å². The lowest BCUT2D eigenvalue weighted by molar-refractivity contribution is -0.116. The van der Waals surface area contributed by atoms with Gasteiger partial charge in [0.1, 0.15) is 17.2 Å². The first-order valence-corrected chi connectivity index (χ1v) is 10.1. The number of rotatable bonds is 6. The zero-order valence-corrected chi connectivity index (χ0v) is 16.1. The zero-order valence-electron chi connectivity index (χ0n) is 15.3.